The molecule has 0 aliphatic carbocycles. The number of carbonyl (C=O) groups is 2. The molecule has 0 atom stereocenters. The largest absolute Gasteiger partial charge is 0.355 e. The molecule has 150 valence electrons. The minimum Gasteiger partial charge on any atom is -0.355 e. The third kappa shape index (κ3) is 5.28. The SMILES string of the molecule is CNC(=O)c1ccc(NC(=O)CCc2nc(-c3ccc(C(C)C)cc3)no2)cc1. The molecule has 2 aromatic carbocycles. The molecule has 0 fully saturated rings. The van der Waals surface area contributed by atoms with E-state index < -0.39 is 0 Å². The van der Waals surface area contributed by atoms with E-state index in [4.69, 9.17) is 4.52 Å². The van der Waals surface area contributed by atoms with Crippen molar-refractivity contribution < 1.29 is 14.1 Å². The summed E-state index contributed by atoms with van der Waals surface area (Å²) >= 11 is 0. The van der Waals surface area contributed by atoms with Crippen LogP contribution in [0.25, 0.3) is 11.4 Å². The Morgan fingerprint density at radius 2 is 1.72 bits per heavy atom. The first-order chi connectivity index (χ1) is 14.0. The number of carbonyl (C=O) groups excluding carboxylic acids is 2. The predicted octanol–water partition coefficient (Wildman–Crippen LogP) is 3.79. The zero-order valence-corrected chi connectivity index (χ0v) is 16.7. The van der Waals surface area contributed by atoms with Gasteiger partial charge in [-0.15, -0.1) is 0 Å². The Morgan fingerprint density at radius 3 is 2.34 bits per heavy atom. The molecule has 0 unspecified atom stereocenters. The van der Waals surface area contributed by atoms with E-state index in [2.05, 4.69) is 46.8 Å². The maximum absolute atomic E-state index is 12.2. The molecule has 0 aliphatic rings. The molecule has 0 saturated heterocycles. The van der Waals surface area contributed by atoms with E-state index in [-0.39, 0.29) is 18.2 Å². The van der Waals surface area contributed by atoms with Crippen LogP contribution in [-0.4, -0.2) is 29.0 Å². The van der Waals surface area contributed by atoms with Crippen molar-refractivity contribution in [1.82, 2.24) is 15.5 Å². The van der Waals surface area contributed by atoms with E-state index in [1.54, 1.807) is 31.3 Å². The number of nitrogens with one attached hydrogen (secondary N) is 2. The van der Waals surface area contributed by atoms with Crippen molar-refractivity contribution >= 4 is 17.5 Å². The molecule has 2 N–H and O–H groups in total. The molecule has 29 heavy (non-hydrogen) atoms. The maximum Gasteiger partial charge on any atom is 0.251 e. The van der Waals surface area contributed by atoms with Crippen molar-refractivity contribution in [2.45, 2.75) is 32.6 Å². The first-order valence-electron chi connectivity index (χ1n) is 9.51. The van der Waals surface area contributed by atoms with Crippen molar-refractivity contribution in [2.75, 3.05) is 12.4 Å². The summed E-state index contributed by atoms with van der Waals surface area (Å²) in [5, 5.41) is 9.34. The minimum atomic E-state index is -0.172. The lowest BCUT2D eigenvalue weighted by Gasteiger charge is -2.05. The Bertz CT molecular complexity index is 976. The molecule has 7 heteroatoms. The predicted molar refractivity (Wildman–Crippen MR) is 111 cm³/mol. The van der Waals surface area contributed by atoms with Crippen LogP contribution in [-0.2, 0) is 11.2 Å². The second-order valence-electron chi connectivity index (χ2n) is 6.99. The van der Waals surface area contributed by atoms with Gasteiger partial charge in [0.05, 0.1) is 0 Å². The zero-order chi connectivity index (χ0) is 20.8. The lowest BCUT2D eigenvalue weighted by Crippen LogP contribution is -2.18. The highest BCUT2D eigenvalue weighted by atomic mass is 16.5. The zero-order valence-electron chi connectivity index (χ0n) is 16.7. The van der Waals surface area contributed by atoms with E-state index in [1.807, 2.05) is 12.1 Å². The van der Waals surface area contributed by atoms with Crippen LogP contribution < -0.4 is 10.6 Å². The van der Waals surface area contributed by atoms with E-state index in [0.717, 1.165) is 5.56 Å². The van der Waals surface area contributed by atoms with Crippen LogP contribution in [0.2, 0.25) is 0 Å². The van der Waals surface area contributed by atoms with Crippen molar-refractivity contribution in [1.29, 1.82) is 0 Å². The highest BCUT2D eigenvalue weighted by molar-refractivity contribution is 5.95. The van der Waals surface area contributed by atoms with Crippen LogP contribution >= 0.6 is 0 Å². The van der Waals surface area contributed by atoms with Gasteiger partial charge < -0.3 is 15.2 Å². The summed E-state index contributed by atoms with van der Waals surface area (Å²) in [5.41, 5.74) is 3.28. The van der Waals surface area contributed by atoms with Gasteiger partial charge in [0.1, 0.15) is 0 Å². The number of hydrogen-bond donors (Lipinski definition) is 2. The van der Waals surface area contributed by atoms with Gasteiger partial charge in [-0.2, -0.15) is 4.98 Å². The molecular weight excluding hydrogens is 368 g/mol. The Kier molecular flexibility index (Phi) is 6.39. The Morgan fingerprint density at radius 1 is 1.03 bits per heavy atom. The van der Waals surface area contributed by atoms with E-state index in [9.17, 15) is 9.59 Å². The topological polar surface area (TPSA) is 97.1 Å². The van der Waals surface area contributed by atoms with Crippen LogP contribution in [0.15, 0.2) is 53.1 Å². The molecule has 0 spiro atoms. The third-order valence-corrected chi connectivity index (χ3v) is 4.53. The summed E-state index contributed by atoms with van der Waals surface area (Å²) in [4.78, 5) is 28.1. The summed E-state index contributed by atoms with van der Waals surface area (Å²) < 4.78 is 5.27. The van der Waals surface area contributed by atoms with Gasteiger partial charge in [-0.05, 0) is 35.7 Å². The van der Waals surface area contributed by atoms with Crippen molar-refractivity contribution in [2.24, 2.45) is 0 Å². The molecule has 0 bridgehead atoms. The van der Waals surface area contributed by atoms with Crippen LogP contribution in [0, 0.1) is 0 Å². The van der Waals surface area contributed by atoms with Crippen molar-refractivity contribution in [3.05, 3.63) is 65.5 Å². The number of benzene rings is 2. The summed E-state index contributed by atoms with van der Waals surface area (Å²) in [7, 11) is 1.57. The smallest absolute Gasteiger partial charge is 0.251 e. The summed E-state index contributed by atoms with van der Waals surface area (Å²) in [6, 6.07) is 14.7. The van der Waals surface area contributed by atoms with Gasteiger partial charge in [-0.1, -0.05) is 43.3 Å². The molecule has 1 aromatic heterocycles. The third-order valence-electron chi connectivity index (χ3n) is 4.53. The highest BCUT2D eigenvalue weighted by Crippen LogP contribution is 2.21. The van der Waals surface area contributed by atoms with Gasteiger partial charge >= 0.3 is 0 Å². The van der Waals surface area contributed by atoms with Gasteiger partial charge in [-0.3, -0.25) is 9.59 Å². The molecule has 3 rings (SSSR count). The fourth-order valence-corrected chi connectivity index (χ4v) is 2.78. The normalized spacial score (nSPS) is 10.8. The quantitative estimate of drug-likeness (QED) is 0.638. The number of aryl methyl sites for hydroxylation is 1. The molecule has 0 radical (unpaired) electrons. The van der Waals surface area contributed by atoms with E-state index >= 15 is 0 Å². The average molecular weight is 392 g/mol. The van der Waals surface area contributed by atoms with Crippen LogP contribution in [0.3, 0.4) is 0 Å². The monoisotopic (exact) mass is 392 g/mol. The lowest BCUT2D eigenvalue weighted by molar-refractivity contribution is -0.116. The minimum absolute atomic E-state index is 0.168. The van der Waals surface area contributed by atoms with Crippen molar-refractivity contribution in [3.8, 4) is 11.4 Å². The Labute approximate surface area is 169 Å². The summed E-state index contributed by atoms with van der Waals surface area (Å²) in [6.07, 6.45) is 0.560. The fraction of sp³-hybridized carbons (Fsp3) is 0.273. The summed E-state index contributed by atoms with van der Waals surface area (Å²) in [5.74, 6) is 1.05. The van der Waals surface area contributed by atoms with Crippen LogP contribution in [0.4, 0.5) is 5.69 Å². The lowest BCUT2D eigenvalue weighted by atomic mass is 10.0. The second kappa shape index (κ2) is 9.14. The first kappa shape index (κ1) is 20.3. The van der Waals surface area contributed by atoms with Gasteiger partial charge in [0, 0.05) is 36.7 Å². The van der Waals surface area contributed by atoms with Gasteiger partial charge in [-0.25, -0.2) is 0 Å². The molecule has 7 nitrogen and oxygen atoms in total. The molecule has 0 saturated carbocycles. The highest BCUT2D eigenvalue weighted by Gasteiger charge is 2.12. The summed E-state index contributed by atoms with van der Waals surface area (Å²) in [6.45, 7) is 4.28. The van der Waals surface area contributed by atoms with Crippen molar-refractivity contribution in [3.63, 3.8) is 0 Å². The molecular formula is C22H24N4O3. The van der Waals surface area contributed by atoms with Gasteiger partial charge in [0.2, 0.25) is 17.6 Å². The Hall–Kier alpha value is -3.48. The first-order valence-corrected chi connectivity index (χ1v) is 9.51. The second-order valence-corrected chi connectivity index (χ2v) is 6.99. The molecule has 2 amide bonds. The Balaban J connectivity index is 1.53. The average Bonchev–Trinajstić information content (AvgIpc) is 3.21. The van der Waals surface area contributed by atoms with E-state index in [1.165, 1.54) is 5.56 Å². The number of amides is 2. The van der Waals surface area contributed by atoms with E-state index in [0.29, 0.717) is 35.3 Å². The number of nitrogens with zero attached hydrogens (tertiary/aromatic N) is 2. The number of aromatic nitrogens is 2. The standard InChI is InChI=1S/C22H24N4O3/c1-14(2)15-4-6-16(7-5-15)21-25-20(29-26-21)13-12-19(27)24-18-10-8-17(9-11-18)22(28)23-3/h4-11,14H,12-13H2,1-3H3,(H,23,28)(H,24,27). The maximum atomic E-state index is 12.2. The van der Waals surface area contributed by atoms with Gasteiger partial charge in [0.25, 0.3) is 5.91 Å². The van der Waals surface area contributed by atoms with Crippen LogP contribution in [0.5, 0.6) is 0 Å². The number of rotatable bonds is 7. The van der Waals surface area contributed by atoms with Gasteiger partial charge in [0.15, 0.2) is 0 Å². The fourth-order valence-electron chi connectivity index (χ4n) is 2.78. The molecule has 3 aromatic rings. The molecule has 1 heterocycles. The van der Waals surface area contributed by atoms with Crippen LogP contribution in [0.1, 0.15) is 48.0 Å². The number of hydrogen-bond acceptors (Lipinski definition) is 5. The molecule has 0 aliphatic heterocycles. The number of anilines is 1.